The summed E-state index contributed by atoms with van der Waals surface area (Å²) in [6, 6.07) is 4.99. The smallest absolute Gasteiger partial charge is 0.256 e. The van der Waals surface area contributed by atoms with Gasteiger partial charge in [0.1, 0.15) is 5.82 Å². The van der Waals surface area contributed by atoms with Crippen molar-refractivity contribution in [3.8, 4) is 0 Å². The van der Waals surface area contributed by atoms with Crippen LogP contribution in [0.25, 0.3) is 0 Å². The number of carbonyl (C=O) groups excluding carboxylic acids is 1. The second-order valence-electron chi connectivity index (χ2n) is 4.90. The zero-order chi connectivity index (χ0) is 13.3. The standard InChI is InChI=1S/C14H18FNOS/c1-9-5-4-6-12(13(9)15)14(17)16-7-10(2)18-11(3)8-16/h4-6,10-11H,7-8H2,1-3H3. The van der Waals surface area contributed by atoms with Gasteiger partial charge in [0.05, 0.1) is 5.56 Å². The molecule has 0 saturated carbocycles. The maximum Gasteiger partial charge on any atom is 0.256 e. The molecule has 0 aromatic heterocycles. The number of halogens is 1. The molecule has 1 amide bonds. The Morgan fingerprint density at radius 2 is 1.94 bits per heavy atom. The van der Waals surface area contributed by atoms with Crippen molar-refractivity contribution in [2.24, 2.45) is 0 Å². The summed E-state index contributed by atoms with van der Waals surface area (Å²) in [6.45, 7) is 7.28. The van der Waals surface area contributed by atoms with Crippen LogP contribution in [0, 0.1) is 12.7 Å². The van der Waals surface area contributed by atoms with E-state index in [4.69, 9.17) is 0 Å². The summed E-state index contributed by atoms with van der Waals surface area (Å²) in [5.74, 6) is -0.573. The van der Waals surface area contributed by atoms with E-state index in [9.17, 15) is 9.18 Å². The lowest BCUT2D eigenvalue weighted by Crippen LogP contribution is -2.44. The summed E-state index contributed by atoms with van der Waals surface area (Å²) in [7, 11) is 0. The SMILES string of the molecule is Cc1cccc(C(=O)N2CC(C)SC(C)C2)c1F. The number of rotatable bonds is 1. The van der Waals surface area contributed by atoms with Gasteiger partial charge in [0.25, 0.3) is 5.91 Å². The molecule has 0 N–H and O–H groups in total. The highest BCUT2D eigenvalue weighted by Crippen LogP contribution is 2.26. The quantitative estimate of drug-likeness (QED) is 0.779. The Balaban J connectivity index is 2.23. The van der Waals surface area contributed by atoms with E-state index in [2.05, 4.69) is 13.8 Å². The van der Waals surface area contributed by atoms with Crippen LogP contribution < -0.4 is 0 Å². The van der Waals surface area contributed by atoms with Crippen LogP contribution in [-0.2, 0) is 0 Å². The van der Waals surface area contributed by atoms with E-state index in [-0.39, 0.29) is 17.3 Å². The Morgan fingerprint density at radius 1 is 1.33 bits per heavy atom. The van der Waals surface area contributed by atoms with Crippen molar-refractivity contribution in [1.82, 2.24) is 4.90 Å². The summed E-state index contributed by atoms with van der Waals surface area (Å²) in [5.41, 5.74) is 0.717. The van der Waals surface area contributed by atoms with Gasteiger partial charge >= 0.3 is 0 Å². The highest BCUT2D eigenvalue weighted by molar-refractivity contribution is 8.00. The normalized spacial score (nSPS) is 24.1. The van der Waals surface area contributed by atoms with Gasteiger partial charge in [-0.2, -0.15) is 11.8 Å². The fraction of sp³-hybridized carbons (Fsp3) is 0.500. The van der Waals surface area contributed by atoms with E-state index in [1.165, 1.54) is 0 Å². The van der Waals surface area contributed by atoms with E-state index < -0.39 is 0 Å². The third-order valence-corrected chi connectivity index (χ3v) is 4.36. The number of hydrogen-bond donors (Lipinski definition) is 0. The minimum Gasteiger partial charge on any atom is -0.336 e. The number of amides is 1. The fourth-order valence-corrected chi connectivity index (χ4v) is 3.65. The van der Waals surface area contributed by atoms with Gasteiger partial charge in [-0.05, 0) is 18.6 Å². The topological polar surface area (TPSA) is 20.3 Å². The Labute approximate surface area is 112 Å². The van der Waals surface area contributed by atoms with Crippen molar-refractivity contribution in [3.63, 3.8) is 0 Å². The molecule has 0 spiro atoms. The van der Waals surface area contributed by atoms with E-state index >= 15 is 0 Å². The molecule has 4 heteroatoms. The van der Waals surface area contributed by atoms with Gasteiger partial charge in [-0.25, -0.2) is 4.39 Å². The molecular weight excluding hydrogens is 249 g/mol. The summed E-state index contributed by atoms with van der Waals surface area (Å²) in [4.78, 5) is 14.1. The number of aryl methyl sites for hydroxylation is 1. The molecule has 1 aliphatic heterocycles. The molecule has 1 aromatic carbocycles. The van der Waals surface area contributed by atoms with Gasteiger partial charge in [-0.3, -0.25) is 4.79 Å². The Bertz CT molecular complexity index is 453. The molecule has 18 heavy (non-hydrogen) atoms. The number of nitrogens with zero attached hydrogens (tertiary/aromatic N) is 1. The fourth-order valence-electron chi connectivity index (χ4n) is 2.33. The van der Waals surface area contributed by atoms with E-state index in [1.807, 2.05) is 11.8 Å². The van der Waals surface area contributed by atoms with Gasteiger partial charge in [-0.1, -0.05) is 26.0 Å². The first-order valence-corrected chi connectivity index (χ1v) is 7.13. The Hall–Kier alpha value is -1.03. The first-order chi connectivity index (χ1) is 8.49. The average Bonchev–Trinajstić information content (AvgIpc) is 2.30. The van der Waals surface area contributed by atoms with Crippen LogP contribution in [-0.4, -0.2) is 34.4 Å². The van der Waals surface area contributed by atoms with Crippen molar-refractivity contribution in [2.75, 3.05) is 13.1 Å². The molecule has 2 rings (SSSR count). The predicted octanol–water partition coefficient (Wildman–Crippen LogP) is 3.10. The molecule has 0 aliphatic carbocycles. The van der Waals surface area contributed by atoms with Gasteiger partial charge in [0.2, 0.25) is 0 Å². The molecule has 0 radical (unpaired) electrons. The molecular formula is C14H18FNOS. The van der Waals surface area contributed by atoms with Gasteiger partial charge in [0, 0.05) is 23.6 Å². The van der Waals surface area contributed by atoms with Gasteiger partial charge in [-0.15, -0.1) is 0 Å². The summed E-state index contributed by atoms with van der Waals surface area (Å²) in [5, 5.41) is 0.816. The number of hydrogen-bond acceptors (Lipinski definition) is 2. The average molecular weight is 267 g/mol. The van der Waals surface area contributed by atoms with Crippen LogP contribution in [0.2, 0.25) is 0 Å². The molecule has 2 unspecified atom stereocenters. The van der Waals surface area contributed by atoms with Crippen molar-refractivity contribution in [2.45, 2.75) is 31.3 Å². The third-order valence-electron chi connectivity index (χ3n) is 3.13. The van der Waals surface area contributed by atoms with Crippen LogP contribution in [0.4, 0.5) is 4.39 Å². The van der Waals surface area contributed by atoms with E-state index in [1.54, 1.807) is 30.0 Å². The summed E-state index contributed by atoms with van der Waals surface area (Å²) < 4.78 is 13.9. The van der Waals surface area contributed by atoms with Crippen molar-refractivity contribution >= 4 is 17.7 Å². The van der Waals surface area contributed by atoms with Gasteiger partial charge < -0.3 is 4.90 Å². The van der Waals surface area contributed by atoms with Crippen molar-refractivity contribution in [1.29, 1.82) is 0 Å². The molecule has 98 valence electrons. The van der Waals surface area contributed by atoms with Crippen LogP contribution in [0.15, 0.2) is 18.2 Å². The third kappa shape index (κ3) is 2.69. The molecule has 2 atom stereocenters. The Morgan fingerprint density at radius 3 is 2.56 bits per heavy atom. The van der Waals surface area contributed by atoms with Crippen LogP contribution in [0.5, 0.6) is 0 Å². The molecule has 2 nitrogen and oxygen atoms in total. The highest BCUT2D eigenvalue weighted by atomic mass is 32.2. The maximum atomic E-state index is 13.9. The van der Waals surface area contributed by atoms with Gasteiger partial charge in [0.15, 0.2) is 0 Å². The van der Waals surface area contributed by atoms with E-state index in [0.717, 1.165) is 0 Å². The second kappa shape index (κ2) is 5.31. The lowest BCUT2D eigenvalue weighted by atomic mass is 10.1. The molecule has 1 heterocycles. The number of benzene rings is 1. The molecule has 1 aliphatic rings. The minimum atomic E-state index is -0.388. The largest absolute Gasteiger partial charge is 0.336 e. The Kier molecular flexibility index (Phi) is 3.95. The minimum absolute atomic E-state index is 0.185. The second-order valence-corrected chi connectivity index (χ2v) is 6.79. The van der Waals surface area contributed by atoms with Crippen LogP contribution in [0.3, 0.4) is 0 Å². The first kappa shape index (κ1) is 13.4. The summed E-state index contributed by atoms with van der Waals surface area (Å²) >= 11 is 1.88. The lowest BCUT2D eigenvalue weighted by molar-refractivity contribution is 0.0748. The molecule has 1 aromatic rings. The predicted molar refractivity (Wildman–Crippen MR) is 73.6 cm³/mol. The number of carbonyl (C=O) groups is 1. The van der Waals surface area contributed by atoms with E-state index in [0.29, 0.717) is 29.2 Å². The number of thioether (sulfide) groups is 1. The molecule has 0 bridgehead atoms. The molecule has 1 saturated heterocycles. The van der Waals surface area contributed by atoms with Crippen molar-refractivity contribution in [3.05, 3.63) is 35.1 Å². The molecule has 1 fully saturated rings. The summed E-state index contributed by atoms with van der Waals surface area (Å²) in [6.07, 6.45) is 0. The lowest BCUT2D eigenvalue weighted by Gasteiger charge is -2.34. The van der Waals surface area contributed by atoms with Crippen LogP contribution in [0.1, 0.15) is 29.8 Å². The van der Waals surface area contributed by atoms with Crippen LogP contribution >= 0.6 is 11.8 Å². The first-order valence-electron chi connectivity index (χ1n) is 6.19. The zero-order valence-electron chi connectivity index (χ0n) is 10.9. The van der Waals surface area contributed by atoms with Crippen molar-refractivity contribution < 1.29 is 9.18 Å². The maximum absolute atomic E-state index is 13.9. The highest BCUT2D eigenvalue weighted by Gasteiger charge is 2.28. The monoisotopic (exact) mass is 267 g/mol. The zero-order valence-corrected chi connectivity index (χ0v) is 11.8.